The van der Waals surface area contributed by atoms with Gasteiger partial charge in [-0.1, -0.05) is 55.5 Å². The molecule has 23 heavy (non-hydrogen) atoms. The molecule has 0 unspecified atom stereocenters. The van der Waals surface area contributed by atoms with Gasteiger partial charge in [-0.05, 0) is 18.2 Å². The van der Waals surface area contributed by atoms with E-state index in [1.807, 2.05) is 12.1 Å². The van der Waals surface area contributed by atoms with Crippen LogP contribution in [0.4, 0.5) is 0 Å². The molecule has 0 atom stereocenters. The molecule has 3 heteroatoms. The van der Waals surface area contributed by atoms with Gasteiger partial charge in [0.25, 0.3) is 0 Å². The maximum Gasteiger partial charge on any atom is 0.127 e. The fourth-order valence-electron chi connectivity index (χ4n) is 3.06. The highest BCUT2D eigenvalue weighted by atomic mass is 16.5. The van der Waals surface area contributed by atoms with Crippen molar-refractivity contribution in [3.8, 4) is 16.9 Å². The van der Waals surface area contributed by atoms with Gasteiger partial charge in [0.1, 0.15) is 12.4 Å². The number of likely N-dealkylation sites (N-methyl/N-ethyl adjacent to an activating group) is 1. The van der Waals surface area contributed by atoms with E-state index in [0.717, 1.165) is 38.5 Å². The zero-order valence-electron chi connectivity index (χ0n) is 13.9. The van der Waals surface area contributed by atoms with E-state index in [0.29, 0.717) is 0 Å². The highest BCUT2D eigenvalue weighted by Crippen LogP contribution is 2.29. The lowest BCUT2D eigenvalue weighted by molar-refractivity contribution is 0.121. The molecule has 1 heterocycles. The molecular weight excluding hydrogens is 284 g/mol. The van der Waals surface area contributed by atoms with Crippen LogP contribution in [0, 0.1) is 0 Å². The number of piperazine rings is 1. The predicted molar refractivity (Wildman–Crippen MR) is 95.9 cm³/mol. The van der Waals surface area contributed by atoms with E-state index in [1.54, 1.807) is 0 Å². The van der Waals surface area contributed by atoms with Gasteiger partial charge in [0.05, 0.1) is 0 Å². The molecule has 0 spiro atoms. The maximum atomic E-state index is 6.09. The van der Waals surface area contributed by atoms with Gasteiger partial charge in [-0.15, -0.1) is 0 Å². The zero-order valence-corrected chi connectivity index (χ0v) is 13.9. The highest BCUT2D eigenvalue weighted by molar-refractivity contribution is 5.70. The van der Waals surface area contributed by atoms with Gasteiger partial charge >= 0.3 is 0 Å². The molecule has 3 nitrogen and oxygen atoms in total. The number of rotatable bonds is 6. The van der Waals surface area contributed by atoms with E-state index in [2.05, 4.69) is 59.2 Å². The average molecular weight is 310 g/mol. The van der Waals surface area contributed by atoms with Crippen LogP contribution in [0.2, 0.25) is 0 Å². The van der Waals surface area contributed by atoms with Gasteiger partial charge in [0.15, 0.2) is 0 Å². The molecule has 122 valence electrons. The van der Waals surface area contributed by atoms with Gasteiger partial charge in [0, 0.05) is 38.3 Å². The second-order valence-corrected chi connectivity index (χ2v) is 5.99. The minimum Gasteiger partial charge on any atom is -0.492 e. The van der Waals surface area contributed by atoms with E-state index >= 15 is 0 Å². The first kappa shape index (κ1) is 16.0. The van der Waals surface area contributed by atoms with Crippen LogP contribution >= 0.6 is 0 Å². The summed E-state index contributed by atoms with van der Waals surface area (Å²) in [7, 11) is 0. The molecule has 2 aromatic carbocycles. The van der Waals surface area contributed by atoms with Crippen LogP contribution in [0.1, 0.15) is 6.92 Å². The summed E-state index contributed by atoms with van der Waals surface area (Å²) in [5.41, 5.74) is 2.38. The smallest absolute Gasteiger partial charge is 0.127 e. The van der Waals surface area contributed by atoms with Crippen LogP contribution in [-0.2, 0) is 0 Å². The number of nitrogens with zero attached hydrogens (tertiary/aromatic N) is 2. The first-order chi connectivity index (χ1) is 11.4. The Bertz CT molecular complexity index is 592. The molecule has 3 rings (SSSR count). The fourth-order valence-corrected chi connectivity index (χ4v) is 3.06. The summed E-state index contributed by atoms with van der Waals surface area (Å²) in [5, 5.41) is 0. The second-order valence-electron chi connectivity index (χ2n) is 5.99. The minimum atomic E-state index is 0.746. The van der Waals surface area contributed by atoms with E-state index in [-0.39, 0.29) is 0 Å². The summed E-state index contributed by atoms with van der Waals surface area (Å²) in [6.45, 7) is 9.80. The summed E-state index contributed by atoms with van der Waals surface area (Å²) in [6, 6.07) is 18.8. The quantitative estimate of drug-likeness (QED) is 0.813. The average Bonchev–Trinajstić information content (AvgIpc) is 2.63. The van der Waals surface area contributed by atoms with E-state index < -0.39 is 0 Å². The molecular formula is C20H26N2O. The third kappa shape index (κ3) is 4.34. The van der Waals surface area contributed by atoms with Crippen molar-refractivity contribution in [3.63, 3.8) is 0 Å². The number of hydrogen-bond acceptors (Lipinski definition) is 3. The van der Waals surface area contributed by atoms with Crippen molar-refractivity contribution < 1.29 is 4.74 Å². The molecule has 2 aromatic rings. The normalized spacial score (nSPS) is 16.4. The van der Waals surface area contributed by atoms with Crippen LogP contribution in [0.15, 0.2) is 54.6 Å². The predicted octanol–water partition coefficient (Wildman–Crippen LogP) is 3.37. The monoisotopic (exact) mass is 310 g/mol. The SMILES string of the molecule is CCN1CCN(CCOc2ccccc2-c2ccccc2)CC1. The van der Waals surface area contributed by atoms with Crippen LogP contribution in [-0.4, -0.2) is 55.7 Å². The van der Waals surface area contributed by atoms with E-state index in [4.69, 9.17) is 4.74 Å². The molecule has 1 aliphatic heterocycles. The van der Waals surface area contributed by atoms with Gasteiger partial charge in [-0.3, -0.25) is 4.90 Å². The number of para-hydroxylation sites is 1. The van der Waals surface area contributed by atoms with Crippen molar-refractivity contribution in [2.75, 3.05) is 45.9 Å². The van der Waals surface area contributed by atoms with Gasteiger partial charge in [-0.2, -0.15) is 0 Å². The first-order valence-electron chi connectivity index (χ1n) is 8.59. The zero-order chi connectivity index (χ0) is 15.9. The Hall–Kier alpha value is -1.84. The molecule has 1 saturated heterocycles. The molecule has 1 fully saturated rings. The Labute approximate surface area is 139 Å². The van der Waals surface area contributed by atoms with Crippen molar-refractivity contribution in [1.82, 2.24) is 9.80 Å². The van der Waals surface area contributed by atoms with Crippen molar-refractivity contribution in [3.05, 3.63) is 54.6 Å². The number of ether oxygens (including phenoxy) is 1. The van der Waals surface area contributed by atoms with E-state index in [1.165, 1.54) is 24.2 Å². The van der Waals surface area contributed by atoms with Crippen LogP contribution in [0.3, 0.4) is 0 Å². The fraction of sp³-hybridized carbons (Fsp3) is 0.400. The molecule has 0 bridgehead atoms. The van der Waals surface area contributed by atoms with Crippen LogP contribution in [0.25, 0.3) is 11.1 Å². The second kappa shape index (κ2) is 8.14. The summed E-state index contributed by atoms with van der Waals surface area (Å²) in [6.07, 6.45) is 0. The number of benzene rings is 2. The summed E-state index contributed by atoms with van der Waals surface area (Å²) >= 11 is 0. The third-order valence-electron chi connectivity index (χ3n) is 4.55. The largest absolute Gasteiger partial charge is 0.492 e. The van der Waals surface area contributed by atoms with E-state index in [9.17, 15) is 0 Å². The molecule has 0 N–H and O–H groups in total. The van der Waals surface area contributed by atoms with Crippen molar-refractivity contribution >= 4 is 0 Å². The topological polar surface area (TPSA) is 15.7 Å². The Kier molecular flexibility index (Phi) is 5.67. The Morgan fingerprint density at radius 2 is 1.48 bits per heavy atom. The van der Waals surface area contributed by atoms with Gasteiger partial charge in [0.2, 0.25) is 0 Å². The molecule has 0 aliphatic carbocycles. The molecule has 0 aromatic heterocycles. The Morgan fingerprint density at radius 3 is 2.22 bits per heavy atom. The molecule has 1 aliphatic rings. The van der Waals surface area contributed by atoms with Crippen LogP contribution in [0.5, 0.6) is 5.75 Å². The number of hydrogen-bond donors (Lipinski definition) is 0. The summed E-state index contributed by atoms with van der Waals surface area (Å²) in [5.74, 6) is 0.978. The molecule has 0 amide bonds. The lowest BCUT2D eigenvalue weighted by Gasteiger charge is -2.33. The van der Waals surface area contributed by atoms with Crippen LogP contribution < -0.4 is 4.74 Å². The molecule has 0 saturated carbocycles. The summed E-state index contributed by atoms with van der Waals surface area (Å²) in [4.78, 5) is 5.00. The minimum absolute atomic E-state index is 0.746. The Morgan fingerprint density at radius 1 is 0.826 bits per heavy atom. The third-order valence-corrected chi connectivity index (χ3v) is 4.55. The van der Waals surface area contributed by atoms with Crippen molar-refractivity contribution in [1.29, 1.82) is 0 Å². The molecule has 0 radical (unpaired) electrons. The lowest BCUT2D eigenvalue weighted by Crippen LogP contribution is -2.47. The van der Waals surface area contributed by atoms with Gasteiger partial charge < -0.3 is 9.64 Å². The van der Waals surface area contributed by atoms with Crippen molar-refractivity contribution in [2.45, 2.75) is 6.92 Å². The first-order valence-corrected chi connectivity index (χ1v) is 8.59. The standard InChI is InChI=1S/C20H26N2O/c1-2-21-12-14-22(15-13-21)16-17-23-20-11-7-6-10-19(20)18-8-4-3-5-9-18/h3-11H,2,12-17H2,1H3. The highest BCUT2D eigenvalue weighted by Gasteiger charge is 2.15. The summed E-state index contributed by atoms with van der Waals surface area (Å²) < 4.78 is 6.09. The Balaban J connectivity index is 1.55. The van der Waals surface area contributed by atoms with Gasteiger partial charge in [-0.25, -0.2) is 0 Å². The maximum absolute atomic E-state index is 6.09. The lowest BCUT2D eigenvalue weighted by atomic mass is 10.1. The van der Waals surface area contributed by atoms with Crippen molar-refractivity contribution in [2.24, 2.45) is 0 Å².